The van der Waals surface area contributed by atoms with Gasteiger partial charge in [0.05, 0.1) is 9.82 Å². The van der Waals surface area contributed by atoms with Gasteiger partial charge in [0.25, 0.3) is 0 Å². The first-order chi connectivity index (χ1) is 16.7. The van der Waals surface area contributed by atoms with Gasteiger partial charge in [0, 0.05) is 42.7 Å². The second-order valence-electron chi connectivity index (χ2n) is 8.57. The molecule has 4 rings (SSSR count). The number of rotatable bonds is 9. The van der Waals surface area contributed by atoms with E-state index in [2.05, 4.69) is 0 Å². The number of hydrogen-bond donors (Lipinski definition) is 0. The number of sulfonamides is 1. The van der Waals surface area contributed by atoms with Crippen molar-refractivity contribution in [2.24, 2.45) is 0 Å². The summed E-state index contributed by atoms with van der Waals surface area (Å²) in [5, 5.41) is 11.6. The number of ether oxygens (including phenoxy) is 1. The molecule has 2 heterocycles. The van der Waals surface area contributed by atoms with Gasteiger partial charge >= 0.3 is 5.69 Å². The number of carbonyl (C=O) groups is 1. The maximum absolute atomic E-state index is 12.9. The molecule has 0 spiro atoms. The van der Waals surface area contributed by atoms with Crippen molar-refractivity contribution in [2.45, 2.75) is 38.1 Å². The zero-order chi connectivity index (χ0) is 25.2. The normalized spacial score (nSPS) is 14.2. The van der Waals surface area contributed by atoms with Crippen LogP contribution in [0.25, 0.3) is 0 Å². The molecular weight excluding hydrogens is 470 g/mol. The van der Waals surface area contributed by atoms with E-state index in [-0.39, 0.29) is 16.4 Å². The summed E-state index contributed by atoms with van der Waals surface area (Å²) in [6.07, 6.45) is 1.52. The van der Waals surface area contributed by atoms with Crippen LogP contribution >= 0.6 is 0 Å². The predicted molar refractivity (Wildman–Crippen MR) is 130 cm³/mol. The van der Waals surface area contributed by atoms with Crippen LogP contribution in [-0.4, -0.2) is 47.7 Å². The number of ketones is 1. The average Bonchev–Trinajstić information content (AvgIpc) is 3.48. The van der Waals surface area contributed by atoms with Crippen LogP contribution in [0.15, 0.2) is 59.5 Å². The molecular formula is C25H27N3O6S. The number of Topliss-reactive ketones (excluding diaryl/α,β-unsaturated/α-hetero) is 1. The Labute approximate surface area is 204 Å². The van der Waals surface area contributed by atoms with Crippen molar-refractivity contribution in [2.75, 3.05) is 19.7 Å². The van der Waals surface area contributed by atoms with Gasteiger partial charge in [-0.2, -0.15) is 4.31 Å². The fraction of sp³-hybridized carbons (Fsp3) is 0.320. The first-order valence-corrected chi connectivity index (χ1v) is 12.8. The smallest absolute Gasteiger partial charge is 0.312 e. The van der Waals surface area contributed by atoms with Crippen molar-refractivity contribution in [3.8, 4) is 5.75 Å². The van der Waals surface area contributed by atoms with Crippen molar-refractivity contribution < 1.29 is 22.9 Å². The van der Waals surface area contributed by atoms with E-state index >= 15 is 0 Å². The van der Waals surface area contributed by atoms with Gasteiger partial charge in [-0.15, -0.1) is 0 Å². The molecule has 9 nitrogen and oxygen atoms in total. The Morgan fingerprint density at radius 3 is 2.40 bits per heavy atom. The number of nitrogens with zero attached hydrogens (tertiary/aromatic N) is 3. The highest BCUT2D eigenvalue weighted by Gasteiger charge is 2.30. The Morgan fingerprint density at radius 2 is 1.74 bits per heavy atom. The summed E-state index contributed by atoms with van der Waals surface area (Å²) in [5.74, 6) is -0.470. The second kappa shape index (κ2) is 10.0. The lowest BCUT2D eigenvalue weighted by Crippen LogP contribution is -2.27. The molecule has 1 fully saturated rings. The number of hydrogen-bond acceptors (Lipinski definition) is 6. The number of nitro benzene ring substituents is 1. The van der Waals surface area contributed by atoms with Crippen LogP contribution in [0, 0.1) is 24.0 Å². The van der Waals surface area contributed by atoms with Gasteiger partial charge in [0.2, 0.25) is 15.8 Å². The van der Waals surface area contributed by atoms with E-state index in [1.165, 1.54) is 16.4 Å². The molecule has 1 aliphatic heterocycles. The fourth-order valence-corrected chi connectivity index (χ4v) is 5.85. The van der Waals surface area contributed by atoms with Crippen LogP contribution in [0.3, 0.4) is 0 Å². The van der Waals surface area contributed by atoms with Gasteiger partial charge in [-0.05, 0) is 50.5 Å². The fourth-order valence-electron chi connectivity index (χ4n) is 4.31. The van der Waals surface area contributed by atoms with Gasteiger partial charge in [0.1, 0.15) is 0 Å². The number of carbonyl (C=O) groups excluding carboxylic acids is 1. The predicted octanol–water partition coefficient (Wildman–Crippen LogP) is 4.11. The van der Waals surface area contributed by atoms with Crippen molar-refractivity contribution >= 4 is 21.5 Å². The van der Waals surface area contributed by atoms with Crippen LogP contribution in [0.1, 0.15) is 40.2 Å². The molecule has 0 amide bonds. The minimum Gasteiger partial charge on any atom is -0.478 e. The van der Waals surface area contributed by atoms with Gasteiger partial charge in [-0.3, -0.25) is 14.9 Å². The summed E-state index contributed by atoms with van der Waals surface area (Å²) in [5.41, 5.74) is 2.78. The second-order valence-corrected chi connectivity index (χ2v) is 10.5. The zero-order valence-electron chi connectivity index (χ0n) is 19.6. The standard InChI is InChI=1S/C25H27N3O6S/c1-18-14-22(19(2)27(18)16-20-8-4-3-5-9-20)24(29)17-34-25-11-10-21(15-23(25)28(30)31)35(32,33)26-12-6-7-13-26/h3-5,8-11,14-15H,6-7,12-13,16-17H2,1-2H3. The first-order valence-electron chi connectivity index (χ1n) is 11.3. The summed E-state index contributed by atoms with van der Waals surface area (Å²) < 4.78 is 34.4. The van der Waals surface area contributed by atoms with E-state index in [1.807, 2.05) is 48.7 Å². The highest BCUT2D eigenvalue weighted by Crippen LogP contribution is 2.32. The van der Waals surface area contributed by atoms with Crippen molar-refractivity contribution in [1.29, 1.82) is 0 Å². The molecule has 0 radical (unpaired) electrons. The third kappa shape index (κ3) is 5.13. The molecule has 0 atom stereocenters. The first kappa shape index (κ1) is 24.6. The largest absolute Gasteiger partial charge is 0.478 e. The maximum atomic E-state index is 12.9. The van der Waals surface area contributed by atoms with Gasteiger partial charge < -0.3 is 9.30 Å². The lowest BCUT2D eigenvalue weighted by molar-refractivity contribution is -0.386. The molecule has 2 aromatic carbocycles. The van der Waals surface area contributed by atoms with E-state index in [9.17, 15) is 23.3 Å². The van der Waals surface area contributed by atoms with E-state index in [4.69, 9.17) is 4.74 Å². The van der Waals surface area contributed by atoms with Crippen LogP contribution in [0.4, 0.5) is 5.69 Å². The Kier molecular flexibility index (Phi) is 7.04. The third-order valence-electron chi connectivity index (χ3n) is 6.25. The molecule has 35 heavy (non-hydrogen) atoms. The molecule has 1 saturated heterocycles. The summed E-state index contributed by atoms with van der Waals surface area (Å²) in [7, 11) is -3.82. The van der Waals surface area contributed by atoms with Gasteiger partial charge in [-0.25, -0.2) is 8.42 Å². The molecule has 0 aliphatic carbocycles. The molecule has 0 unspecified atom stereocenters. The Bertz CT molecular complexity index is 1360. The minimum atomic E-state index is -3.82. The Morgan fingerprint density at radius 1 is 1.06 bits per heavy atom. The number of aromatic nitrogens is 1. The maximum Gasteiger partial charge on any atom is 0.312 e. The van der Waals surface area contributed by atoms with Crippen LogP contribution < -0.4 is 4.74 Å². The Hall–Kier alpha value is -3.50. The molecule has 1 aliphatic rings. The van der Waals surface area contributed by atoms with E-state index in [1.54, 1.807) is 6.07 Å². The molecule has 0 saturated carbocycles. The SMILES string of the molecule is Cc1cc(C(=O)COc2ccc(S(=O)(=O)N3CCCC3)cc2[N+](=O)[O-])c(C)n1Cc1ccccc1. The molecule has 10 heteroatoms. The van der Waals surface area contributed by atoms with E-state index in [0.29, 0.717) is 25.2 Å². The molecule has 0 N–H and O–H groups in total. The average molecular weight is 498 g/mol. The van der Waals surface area contributed by atoms with Crippen LogP contribution in [-0.2, 0) is 16.6 Å². The number of aryl methyl sites for hydroxylation is 1. The summed E-state index contributed by atoms with van der Waals surface area (Å²) in [6.45, 7) is 4.76. The summed E-state index contributed by atoms with van der Waals surface area (Å²) in [4.78, 5) is 23.7. The highest BCUT2D eigenvalue weighted by atomic mass is 32.2. The lowest BCUT2D eigenvalue weighted by Gasteiger charge is -2.16. The van der Waals surface area contributed by atoms with E-state index in [0.717, 1.165) is 35.9 Å². The summed E-state index contributed by atoms with van der Waals surface area (Å²) in [6, 6.07) is 15.2. The highest BCUT2D eigenvalue weighted by molar-refractivity contribution is 7.89. The van der Waals surface area contributed by atoms with Crippen LogP contribution in [0.5, 0.6) is 5.75 Å². The minimum absolute atomic E-state index is 0.151. The van der Waals surface area contributed by atoms with Gasteiger partial charge in [0.15, 0.2) is 12.4 Å². The molecule has 1 aromatic heterocycles. The topological polar surface area (TPSA) is 112 Å². The lowest BCUT2D eigenvalue weighted by atomic mass is 10.1. The Balaban J connectivity index is 1.52. The molecule has 184 valence electrons. The third-order valence-corrected chi connectivity index (χ3v) is 8.14. The molecule has 0 bridgehead atoms. The monoisotopic (exact) mass is 497 g/mol. The van der Waals surface area contributed by atoms with Crippen molar-refractivity contribution in [3.05, 3.63) is 87.2 Å². The zero-order valence-corrected chi connectivity index (χ0v) is 20.5. The quantitative estimate of drug-likeness (QED) is 0.250. The van der Waals surface area contributed by atoms with E-state index < -0.39 is 27.2 Å². The van der Waals surface area contributed by atoms with Crippen LogP contribution in [0.2, 0.25) is 0 Å². The van der Waals surface area contributed by atoms with Crippen molar-refractivity contribution in [1.82, 2.24) is 8.87 Å². The number of nitro groups is 1. The summed E-state index contributed by atoms with van der Waals surface area (Å²) >= 11 is 0. The molecule has 3 aromatic rings. The van der Waals surface area contributed by atoms with Gasteiger partial charge in [-0.1, -0.05) is 30.3 Å². The number of benzene rings is 2. The van der Waals surface area contributed by atoms with Crippen molar-refractivity contribution in [3.63, 3.8) is 0 Å².